The van der Waals surface area contributed by atoms with E-state index < -0.39 is 0 Å². The van der Waals surface area contributed by atoms with Gasteiger partial charge in [-0.1, -0.05) is 0 Å². The Bertz CT molecular complexity index is 176. The summed E-state index contributed by atoms with van der Waals surface area (Å²) in [5, 5.41) is 0. The molecular formula is C9H15BO2. The number of rotatable bonds is 3. The second kappa shape index (κ2) is 4.54. The average Bonchev–Trinajstić information content (AvgIpc) is 2.33. The highest BCUT2D eigenvalue weighted by molar-refractivity contribution is 6.11. The molecule has 1 saturated heterocycles. The van der Waals surface area contributed by atoms with E-state index in [1.54, 1.807) is 7.11 Å². The Balaban J connectivity index is 2.42. The molecule has 0 N–H and O–H groups in total. The van der Waals surface area contributed by atoms with Gasteiger partial charge in [0.15, 0.2) is 0 Å². The van der Waals surface area contributed by atoms with Crippen LogP contribution in [0.1, 0.15) is 12.8 Å². The van der Waals surface area contributed by atoms with E-state index in [2.05, 4.69) is 13.8 Å². The average molecular weight is 166 g/mol. The zero-order valence-corrected chi connectivity index (χ0v) is 7.75. The predicted molar refractivity (Wildman–Crippen MR) is 50.6 cm³/mol. The third kappa shape index (κ3) is 2.26. The summed E-state index contributed by atoms with van der Waals surface area (Å²) >= 11 is 0. The molecule has 3 atom stereocenters. The van der Waals surface area contributed by atoms with Crippen LogP contribution in [0.15, 0.2) is 0 Å². The molecule has 0 unspecified atom stereocenters. The van der Waals surface area contributed by atoms with E-state index in [4.69, 9.17) is 15.9 Å². The van der Waals surface area contributed by atoms with Crippen LogP contribution in [0.25, 0.3) is 0 Å². The van der Waals surface area contributed by atoms with Crippen LogP contribution in [-0.2, 0) is 9.47 Å². The van der Waals surface area contributed by atoms with Gasteiger partial charge in [-0.3, -0.25) is 0 Å². The van der Waals surface area contributed by atoms with Gasteiger partial charge in [0.1, 0.15) is 7.85 Å². The van der Waals surface area contributed by atoms with Crippen molar-refractivity contribution in [2.45, 2.75) is 24.9 Å². The molecule has 1 aliphatic rings. The second-order valence-electron chi connectivity index (χ2n) is 3.34. The zero-order chi connectivity index (χ0) is 8.97. The molecule has 0 aliphatic carbocycles. The Morgan fingerprint density at radius 3 is 3.08 bits per heavy atom. The molecule has 0 saturated carbocycles. The molecule has 0 aromatic heterocycles. The molecular weight excluding hydrogens is 151 g/mol. The number of hydrogen-bond acceptors (Lipinski definition) is 2. The fourth-order valence-corrected chi connectivity index (χ4v) is 1.75. The Labute approximate surface area is 75.0 Å². The minimum atomic E-state index is 0.209. The van der Waals surface area contributed by atoms with Gasteiger partial charge in [-0.2, -0.15) is 0 Å². The second-order valence-corrected chi connectivity index (χ2v) is 3.34. The standard InChI is InChI=1S/C9H15BO2/c1-3-4-7-5-9(10)12-8(7)6-11-2/h1,7-9H,4-6,10H2,2H3/t7-,8-,9-/m1/s1. The van der Waals surface area contributed by atoms with Gasteiger partial charge in [-0.15, -0.1) is 12.3 Å². The van der Waals surface area contributed by atoms with E-state index in [0.717, 1.165) is 12.8 Å². The summed E-state index contributed by atoms with van der Waals surface area (Å²) in [6.45, 7) is 0.663. The van der Waals surface area contributed by atoms with Gasteiger partial charge in [-0.25, -0.2) is 0 Å². The number of terminal acetylenes is 1. The first-order chi connectivity index (χ1) is 5.77. The lowest BCUT2D eigenvalue weighted by atomic mass is 9.89. The summed E-state index contributed by atoms with van der Waals surface area (Å²) in [5.41, 5.74) is 0. The minimum absolute atomic E-state index is 0.209. The Kier molecular flexibility index (Phi) is 3.64. The van der Waals surface area contributed by atoms with E-state index in [1.165, 1.54) is 0 Å². The molecule has 0 bridgehead atoms. The third-order valence-electron chi connectivity index (χ3n) is 2.28. The van der Waals surface area contributed by atoms with Crippen LogP contribution < -0.4 is 0 Å². The summed E-state index contributed by atoms with van der Waals surface area (Å²) in [6, 6.07) is 0.337. The van der Waals surface area contributed by atoms with Gasteiger partial charge in [0.25, 0.3) is 0 Å². The predicted octanol–water partition coefficient (Wildman–Crippen LogP) is 0.0204. The van der Waals surface area contributed by atoms with E-state index in [-0.39, 0.29) is 6.10 Å². The fourth-order valence-electron chi connectivity index (χ4n) is 1.75. The van der Waals surface area contributed by atoms with Crippen LogP contribution in [0.5, 0.6) is 0 Å². The Hall–Kier alpha value is -0.455. The van der Waals surface area contributed by atoms with Crippen LogP contribution in [0, 0.1) is 18.3 Å². The van der Waals surface area contributed by atoms with Gasteiger partial charge in [-0.05, 0) is 12.3 Å². The zero-order valence-electron chi connectivity index (χ0n) is 7.75. The quantitative estimate of drug-likeness (QED) is 0.434. The maximum atomic E-state index is 5.65. The first-order valence-electron chi connectivity index (χ1n) is 4.35. The first kappa shape index (κ1) is 9.63. The van der Waals surface area contributed by atoms with E-state index in [1.807, 2.05) is 0 Å². The van der Waals surface area contributed by atoms with Crippen molar-refractivity contribution in [2.24, 2.45) is 5.92 Å². The van der Waals surface area contributed by atoms with Gasteiger partial charge < -0.3 is 9.47 Å². The van der Waals surface area contributed by atoms with Crippen molar-refractivity contribution in [3.8, 4) is 12.3 Å². The molecule has 1 rings (SSSR count). The van der Waals surface area contributed by atoms with Crippen molar-refractivity contribution in [2.75, 3.05) is 13.7 Å². The maximum absolute atomic E-state index is 5.65. The lowest BCUT2D eigenvalue weighted by molar-refractivity contribution is 0.0102. The Morgan fingerprint density at radius 1 is 1.75 bits per heavy atom. The molecule has 1 aliphatic heterocycles. The van der Waals surface area contributed by atoms with Crippen molar-refractivity contribution in [1.29, 1.82) is 0 Å². The third-order valence-corrected chi connectivity index (χ3v) is 2.28. The van der Waals surface area contributed by atoms with Crippen LogP contribution in [0.4, 0.5) is 0 Å². The van der Waals surface area contributed by atoms with Gasteiger partial charge in [0.2, 0.25) is 0 Å². The van der Waals surface area contributed by atoms with Crippen LogP contribution in [0.2, 0.25) is 0 Å². The molecule has 2 nitrogen and oxygen atoms in total. The van der Waals surface area contributed by atoms with Crippen LogP contribution in [-0.4, -0.2) is 33.7 Å². The molecule has 3 heteroatoms. The summed E-state index contributed by atoms with van der Waals surface area (Å²) in [7, 11) is 3.78. The monoisotopic (exact) mass is 166 g/mol. The largest absolute Gasteiger partial charge is 0.382 e. The summed E-state index contributed by atoms with van der Waals surface area (Å²) < 4.78 is 10.7. The molecule has 0 amide bonds. The lowest BCUT2D eigenvalue weighted by Crippen LogP contribution is -2.21. The van der Waals surface area contributed by atoms with Crippen LogP contribution in [0.3, 0.4) is 0 Å². The van der Waals surface area contributed by atoms with Crippen molar-refractivity contribution in [1.82, 2.24) is 0 Å². The molecule has 0 aromatic carbocycles. The van der Waals surface area contributed by atoms with Crippen molar-refractivity contribution in [3.63, 3.8) is 0 Å². The summed E-state index contributed by atoms with van der Waals surface area (Å²) in [4.78, 5) is 0. The van der Waals surface area contributed by atoms with Crippen molar-refractivity contribution < 1.29 is 9.47 Å². The summed E-state index contributed by atoms with van der Waals surface area (Å²) in [6.07, 6.45) is 7.35. The SMILES string of the molecule is B[C@H]1C[C@@H](CC#C)[C@@H](COC)O1. The first-order valence-corrected chi connectivity index (χ1v) is 4.35. The van der Waals surface area contributed by atoms with E-state index in [9.17, 15) is 0 Å². The minimum Gasteiger partial charge on any atom is -0.382 e. The van der Waals surface area contributed by atoms with E-state index >= 15 is 0 Å². The fraction of sp³-hybridized carbons (Fsp3) is 0.778. The lowest BCUT2D eigenvalue weighted by Gasteiger charge is -2.14. The highest BCUT2D eigenvalue weighted by Gasteiger charge is 2.31. The number of methoxy groups -OCH3 is 1. The highest BCUT2D eigenvalue weighted by Crippen LogP contribution is 2.27. The molecule has 0 spiro atoms. The van der Waals surface area contributed by atoms with Crippen molar-refractivity contribution >= 4 is 7.85 Å². The van der Waals surface area contributed by atoms with Gasteiger partial charge in [0, 0.05) is 19.5 Å². The molecule has 1 heterocycles. The Morgan fingerprint density at radius 2 is 2.50 bits per heavy atom. The molecule has 12 heavy (non-hydrogen) atoms. The normalized spacial score (nSPS) is 34.8. The topological polar surface area (TPSA) is 18.5 Å². The highest BCUT2D eigenvalue weighted by atomic mass is 16.5. The maximum Gasteiger partial charge on any atom is 0.139 e. The number of hydrogen-bond donors (Lipinski definition) is 0. The van der Waals surface area contributed by atoms with Crippen molar-refractivity contribution in [3.05, 3.63) is 0 Å². The number of ether oxygens (including phenoxy) is 2. The van der Waals surface area contributed by atoms with Gasteiger partial charge in [0.05, 0.1) is 12.7 Å². The molecule has 1 fully saturated rings. The molecule has 66 valence electrons. The van der Waals surface area contributed by atoms with E-state index in [0.29, 0.717) is 18.5 Å². The van der Waals surface area contributed by atoms with Gasteiger partial charge >= 0.3 is 0 Å². The van der Waals surface area contributed by atoms with Crippen LogP contribution >= 0.6 is 0 Å². The molecule has 0 aromatic rings. The summed E-state index contributed by atoms with van der Waals surface area (Å²) in [5.74, 6) is 3.17. The smallest absolute Gasteiger partial charge is 0.139 e. The molecule has 0 radical (unpaired) electrons.